The van der Waals surface area contributed by atoms with Crippen LogP contribution in [0.25, 0.3) is 0 Å². The number of carbonyl (C=O) groups excluding carboxylic acids is 1. The molecule has 5 fully saturated rings. The van der Waals surface area contributed by atoms with Crippen molar-refractivity contribution < 1.29 is 4.79 Å². The maximum atomic E-state index is 13.7. The molecule has 4 bridgehead atoms. The summed E-state index contributed by atoms with van der Waals surface area (Å²) in [6, 6.07) is 7.86. The number of fused-ring (bicyclic) bond motifs is 1. The Bertz CT molecular complexity index is 982. The summed E-state index contributed by atoms with van der Waals surface area (Å²) >= 11 is 6.22. The van der Waals surface area contributed by atoms with Crippen molar-refractivity contribution in [2.24, 2.45) is 28.6 Å². The van der Waals surface area contributed by atoms with E-state index >= 15 is 0 Å². The van der Waals surface area contributed by atoms with E-state index in [-0.39, 0.29) is 23.3 Å². The summed E-state index contributed by atoms with van der Waals surface area (Å²) in [4.78, 5) is 13.7. The second-order valence-corrected chi connectivity index (χ2v) is 12.1. The van der Waals surface area contributed by atoms with E-state index in [1.807, 2.05) is 30.3 Å². The normalized spacial score (nSPS) is 42.5. The molecule has 1 heterocycles. The van der Waals surface area contributed by atoms with E-state index in [1.165, 1.54) is 25.7 Å². The van der Waals surface area contributed by atoms with Crippen molar-refractivity contribution in [2.45, 2.75) is 57.9 Å². The molecule has 5 heteroatoms. The van der Waals surface area contributed by atoms with Crippen molar-refractivity contribution in [3.63, 3.8) is 0 Å². The molecule has 1 amide bonds. The molecule has 1 aromatic rings. The molecule has 4 atom stereocenters. The summed E-state index contributed by atoms with van der Waals surface area (Å²) in [6.07, 6.45) is 13.7. The molecule has 2 N–H and O–H groups in total. The monoisotopic (exact) mass is 437 g/mol. The van der Waals surface area contributed by atoms with Gasteiger partial charge in [0.05, 0.1) is 11.6 Å². The summed E-state index contributed by atoms with van der Waals surface area (Å²) in [5.41, 5.74) is 6.43. The van der Waals surface area contributed by atoms with E-state index in [0.29, 0.717) is 15.9 Å². The summed E-state index contributed by atoms with van der Waals surface area (Å²) < 4.78 is 0. The number of hydrogen-bond acceptors (Lipinski definition) is 3. The fraction of sp³-hybridized carbons (Fsp3) is 0.577. The summed E-state index contributed by atoms with van der Waals surface area (Å²) in [5, 5.41) is 6.44. The lowest BCUT2D eigenvalue weighted by atomic mass is 9.42. The van der Waals surface area contributed by atoms with Gasteiger partial charge in [0.2, 0.25) is 5.91 Å². The van der Waals surface area contributed by atoms with Gasteiger partial charge in [-0.25, -0.2) is 5.43 Å². The van der Waals surface area contributed by atoms with Crippen molar-refractivity contribution >= 4 is 23.2 Å². The standard InChI is InChI=1S/C26H32ClN3O/c1-24-10-17-11-25(2,14-24)16-26(12-17,15-24)29-23(31)20-7-4-8-22-21(20)13-28-30(22)19-6-3-5-18(27)9-19/h3-9,17,20-21,28H,10-16H2,1-2H3,(H,29,31). The van der Waals surface area contributed by atoms with Gasteiger partial charge in [0, 0.05) is 28.7 Å². The molecular formula is C26H32ClN3O. The molecule has 6 aliphatic rings. The van der Waals surface area contributed by atoms with Crippen LogP contribution < -0.4 is 15.8 Å². The van der Waals surface area contributed by atoms with Crippen LogP contribution >= 0.6 is 11.6 Å². The van der Waals surface area contributed by atoms with E-state index < -0.39 is 0 Å². The molecule has 4 saturated carbocycles. The van der Waals surface area contributed by atoms with Crippen LogP contribution in [0.1, 0.15) is 52.4 Å². The zero-order valence-corrected chi connectivity index (χ0v) is 19.2. The number of amides is 1. The number of carbonyl (C=O) groups is 1. The molecule has 1 saturated heterocycles. The van der Waals surface area contributed by atoms with Gasteiger partial charge in [-0.1, -0.05) is 43.7 Å². The third-order valence-corrected chi connectivity index (χ3v) is 8.75. The number of rotatable bonds is 3. The highest BCUT2D eigenvalue weighted by Crippen LogP contribution is 2.66. The van der Waals surface area contributed by atoms with Gasteiger partial charge < -0.3 is 5.32 Å². The van der Waals surface area contributed by atoms with Gasteiger partial charge in [0.1, 0.15) is 0 Å². The lowest BCUT2D eigenvalue weighted by Gasteiger charge is -2.65. The highest BCUT2D eigenvalue weighted by atomic mass is 35.5. The SMILES string of the molecule is CC12CC3CC(C)(C1)CC(NC(=O)C1C=CC=C4C1CNN4c1cccc(Cl)c1)(C3)C2. The number of benzene rings is 1. The van der Waals surface area contributed by atoms with Crippen molar-refractivity contribution in [3.8, 4) is 0 Å². The molecular weight excluding hydrogens is 406 g/mol. The van der Waals surface area contributed by atoms with Gasteiger partial charge in [0.25, 0.3) is 0 Å². The van der Waals surface area contributed by atoms with E-state index in [1.54, 1.807) is 0 Å². The Morgan fingerprint density at radius 2 is 1.94 bits per heavy atom. The van der Waals surface area contributed by atoms with Crippen LogP contribution in [0.2, 0.25) is 5.02 Å². The Hall–Kier alpha value is -1.78. The van der Waals surface area contributed by atoms with Crippen molar-refractivity contribution in [3.05, 3.63) is 53.2 Å². The third-order valence-electron chi connectivity index (χ3n) is 8.51. The molecule has 1 aromatic carbocycles. The lowest BCUT2D eigenvalue weighted by Crippen LogP contribution is -2.65. The van der Waals surface area contributed by atoms with Gasteiger partial charge in [-0.2, -0.15) is 0 Å². The number of halogens is 1. The van der Waals surface area contributed by atoms with E-state index in [9.17, 15) is 4.79 Å². The first-order valence-corrected chi connectivity index (χ1v) is 12.1. The lowest BCUT2D eigenvalue weighted by molar-refractivity contribution is -0.142. The number of hydrogen-bond donors (Lipinski definition) is 2. The number of nitrogens with one attached hydrogen (secondary N) is 2. The Kier molecular flexibility index (Phi) is 4.24. The predicted molar refractivity (Wildman–Crippen MR) is 124 cm³/mol. The fourth-order valence-electron chi connectivity index (χ4n) is 8.53. The smallest absolute Gasteiger partial charge is 0.228 e. The molecule has 0 aromatic heterocycles. The number of hydrazine groups is 1. The molecule has 0 radical (unpaired) electrons. The van der Waals surface area contributed by atoms with Crippen molar-refractivity contribution in [1.82, 2.24) is 10.7 Å². The van der Waals surface area contributed by atoms with Crippen LogP contribution in [0, 0.1) is 28.6 Å². The average Bonchev–Trinajstić information content (AvgIpc) is 3.08. The molecule has 0 spiro atoms. The van der Waals surface area contributed by atoms with Gasteiger partial charge in [-0.3, -0.25) is 9.80 Å². The average molecular weight is 438 g/mol. The van der Waals surface area contributed by atoms with E-state index in [2.05, 4.69) is 41.8 Å². The molecule has 5 aliphatic carbocycles. The van der Waals surface area contributed by atoms with E-state index in [0.717, 1.165) is 36.7 Å². The summed E-state index contributed by atoms with van der Waals surface area (Å²) in [5.74, 6) is 0.987. The Labute approximate surface area is 190 Å². The van der Waals surface area contributed by atoms with Gasteiger partial charge in [-0.15, -0.1) is 0 Å². The van der Waals surface area contributed by atoms with Crippen LogP contribution in [0.15, 0.2) is 48.2 Å². The maximum absolute atomic E-state index is 13.7. The predicted octanol–water partition coefficient (Wildman–Crippen LogP) is 5.22. The van der Waals surface area contributed by atoms with Gasteiger partial charge >= 0.3 is 0 Å². The van der Waals surface area contributed by atoms with Gasteiger partial charge in [-0.05, 0) is 79.5 Å². The number of anilines is 1. The summed E-state index contributed by atoms with van der Waals surface area (Å²) in [6.45, 7) is 5.68. The van der Waals surface area contributed by atoms with Gasteiger partial charge in [0.15, 0.2) is 0 Å². The topological polar surface area (TPSA) is 44.4 Å². The fourth-order valence-corrected chi connectivity index (χ4v) is 8.71. The molecule has 1 aliphatic heterocycles. The Morgan fingerprint density at radius 1 is 1.16 bits per heavy atom. The zero-order chi connectivity index (χ0) is 21.4. The first-order chi connectivity index (χ1) is 14.8. The first-order valence-electron chi connectivity index (χ1n) is 11.8. The minimum Gasteiger partial charge on any atom is -0.350 e. The quantitative estimate of drug-likeness (QED) is 0.681. The molecule has 4 unspecified atom stereocenters. The highest BCUT2D eigenvalue weighted by molar-refractivity contribution is 6.30. The highest BCUT2D eigenvalue weighted by Gasteiger charge is 2.60. The Balaban J connectivity index is 1.22. The van der Waals surface area contributed by atoms with Crippen LogP contribution in [-0.4, -0.2) is 18.0 Å². The van der Waals surface area contributed by atoms with Crippen LogP contribution in [0.3, 0.4) is 0 Å². The van der Waals surface area contributed by atoms with Crippen molar-refractivity contribution in [1.29, 1.82) is 0 Å². The summed E-state index contributed by atoms with van der Waals surface area (Å²) in [7, 11) is 0. The second-order valence-electron chi connectivity index (χ2n) is 11.7. The number of allylic oxidation sites excluding steroid dienone is 2. The molecule has 164 valence electrons. The van der Waals surface area contributed by atoms with Crippen LogP contribution in [0.4, 0.5) is 5.69 Å². The second kappa shape index (κ2) is 6.62. The maximum Gasteiger partial charge on any atom is 0.228 e. The Morgan fingerprint density at radius 3 is 2.65 bits per heavy atom. The van der Waals surface area contributed by atoms with E-state index in [4.69, 9.17) is 11.6 Å². The number of nitrogens with zero attached hydrogens (tertiary/aromatic N) is 1. The molecule has 31 heavy (non-hydrogen) atoms. The molecule has 4 nitrogen and oxygen atoms in total. The largest absolute Gasteiger partial charge is 0.350 e. The first kappa shape index (κ1) is 19.9. The minimum atomic E-state index is -0.134. The molecule has 7 rings (SSSR count). The van der Waals surface area contributed by atoms with Crippen LogP contribution in [-0.2, 0) is 4.79 Å². The third kappa shape index (κ3) is 3.25. The van der Waals surface area contributed by atoms with Crippen molar-refractivity contribution in [2.75, 3.05) is 11.6 Å². The minimum absolute atomic E-state index is 0.00611. The zero-order valence-electron chi connectivity index (χ0n) is 18.5. The van der Waals surface area contributed by atoms with Crippen LogP contribution in [0.5, 0.6) is 0 Å².